The van der Waals surface area contributed by atoms with Crippen molar-refractivity contribution in [2.75, 3.05) is 13.1 Å². The van der Waals surface area contributed by atoms with Gasteiger partial charge in [0.05, 0.1) is 17.3 Å². The quantitative estimate of drug-likeness (QED) is 0.828. The van der Waals surface area contributed by atoms with Crippen molar-refractivity contribution in [3.8, 4) is 0 Å². The highest BCUT2D eigenvalue weighted by atomic mass is 16.1. The van der Waals surface area contributed by atoms with Gasteiger partial charge in [-0.05, 0) is 31.0 Å². The average molecular weight is 246 g/mol. The van der Waals surface area contributed by atoms with Gasteiger partial charge in [0.25, 0.3) is 5.91 Å². The number of nitrogens with zero attached hydrogens (tertiary/aromatic N) is 2. The number of nitrogens with one attached hydrogen (secondary N) is 1. The number of fused-ring (bicyclic) bond motifs is 1. The Bertz CT molecular complexity index is 535. The smallest absolute Gasteiger partial charge is 0.255 e. The molecule has 0 bridgehead atoms. The summed E-state index contributed by atoms with van der Waals surface area (Å²) in [6, 6.07) is 5.65. The molecule has 0 saturated heterocycles. The first-order valence-corrected chi connectivity index (χ1v) is 6.13. The van der Waals surface area contributed by atoms with Crippen molar-refractivity contribution in [1.29, 1.82) is 0 Å². The second-order valence-electron chi connectivity index (χ2n) is 4.48. The van der Waals surface area contributed by atoms with Crippen LogP contribution in [0.3, 0.4) is 0 Å². The summed E-state index contributed by atoms with van der Waals surface area (Å²) >= 11 is 0. The molecule has 0 fully saturated rings. The SMILES string of the molecule is CC(CCN)CNC(=O)c1cnn2ccccc12. The van der Waals surface area contributed by atoms with E-state index in [1.54, 1.807) is 10.7 Å². The van der Waals surface area contributed by atoms with Crippen LogP contribution in [0.5, 0.6) is 0 Å². The Hall–Kier alpha value is -1.88. The molecule has 0 saturated carbocycles. The van der Waals surface area contributed by atoms with E-state index in [1.165, 1.54) is 0 Å². The summed E-state index contributed by atoms with van der Waals surface area (Å²) in [7, 11) is 0. The van der Waals surface area contributed by atoms with E-state index in [9.17, 15) is 4.79 Å². The van der Waals surface area contributed by atoms with Crippen LogP contribution in [0.15, 0.2) is 30.6 Å². The molecule has 1 amide bonds. The lowest BCUT2D eigenvalue weighted by molar-refractivity contribution is 0.0949. The highest BCUT2D eigenvalue weighted by Crippen LogP contribution is 2.09. The van der Waals surface area contributed by atoms with Crippen molar-refractivity contribution in [2.45, 2.75) is 13.3 Å². The summed E-state index contributed by atoms with van der Waals surface area (Å²) in [5.74, 6) is 0.306. The number of carbonyl (C=O) groups is 1. The summed E-state index contributed by atoms with van der Waals surface area (Å²) in [6.07, 6.45) is 4.33. The Labute approximate surface area is 106 Å². The van der Waals surface area contributed by atoms with Crippen LogP contribution in [-0.2, 0) is 0 Å². The van der Waals surface area contributed by atoms with Crippen molar-refractivity contribution in [3.63, 3.8) is 0 Å². The maximum Gasteiger partial charge on any atom is 0.255 e. The van der Waals surface area contributed by atoms with Gasteiger partial charge in [-0.25, -0.2) is 4.52 Å². The Balaban J connectivity index is 2.05. The Kier molecular flexibility index (Phi) is 3.94. The van der Waals surface area contributed by atoms with E-state index >= 15 is 0 Å². The minimum absolute atomic E-state index is 0.0833. The molecule has 1 atom stereocenters. The summed E-state index contributed by atoms with van der Waals surface area (Å²) < 4.78 is 1.69. The predicted octanol–water partition coefficient (Wildman–Crippen LogP) is 1.05. The monoisotopic (exact) mass is 246 g/mol. The number of aromatic nitrogens is 2. The topological polar surface area (TPSA) is 72.4 Å². The third kappa shape index (κ3) is 2.68. The molecular weight excluding hydrogens is 228 g/mol. The van der Waals surface area contributed by atoms with Crippen LogP contribution in [0.4, 0.5) is 0 Å². The Morgan fingerprint density at radius 2 is 2.39 bits per heavy atom. The molecule has 0 radical (unpaired) electrons. The molecule has 2 aromatic heterocycles. The number of nitrogens with two attached hydrogens (primary N) is 1. The molecule has 0 spiro atoms. The number of rotatable bonds is 5. The van der Waals surface area contributed by atoms with Gasteiger partial charge in [0.2, 0.25) is 0 Å². The average Bonchev–Trinajstić information content (AvgIpc) is 2.80. The molecule has 18 heavy (non-hydrogen) atoms. The van der Waals surface area contributed by atoms with E-state index in [0.717, 1.165) is 11.9 Å². The minimum Gasteiger partial charge on any atom is -0.352 e. The third-order valence-electron chi connectivity index (χ3n) is 2.94. The molecule has 0 aliphatic rings. The van der Waals surface area contributed by atoms with Gasteiger partial charge in [-0.3, -0.25) is 4.79 Å². The summed E-state index contributed by atoms with van der Waals surface area (Å²) in [4.78, 5) is 12.0. The van der Waals surface area contributed by atoms with Crippen molar-refractivity contribution < 1.29 is 4.79 Å². The standard InChI is InChI=1S/C13H18N4O/c1-10(5-6-14)8-15-13(18)11-9-16-17-7-3-2-4-12(11)17/h2-4,7,9-10H,5-6,8,14H2,1H3,(H,15,18). The minimum atomic E-state index is -0.0833. The fourth-order valence-corrected chi connectivity index (χ4v) is 1.86. The third-order valence-corrected chi connectivity index (χ3v) is 2.94. The van der Waals surface area contributed by atoms with Gasteiger partial charge in [-0.15, -0.1) is 0 Å². The van der Waals surface area contributed by atoms with E-state index in [-0.39, 0.29) is 5.91 Å². The van der Waals surface area contributed by atoms with Crippen LogP contribution in [0, 0.1) is 5.92 Å². The van der Waals surface area contributed by atoms with Gasteiger partial charge < -0.3 is 11.1 Å². The fraction of sp³-hybridized carbons (Fsp3) is 0.385. The molecule has 2 heterocycles. The second kappa shape index (κ2) is 5.64. The second-order valence-corrected chi connectivity index (χ2v) is 4.48. The molecule has 3 N–H and O–H groups in total. The van der Waals surface area contributed by atoms with Gasteiger partial charge in [0.15, 0.2) is 0 Å². The van der Waals surface area contributed by atoms with Gasteiger partial charge >= 0.3 is 0 Å². The molecular formula is C13H18N4O. The summed E-state index contributed by atoms with van der Waals surface area (Å²) in [6.45, 7) is 3.36. The first-order chi connectivity index (χ1) is 8.72. The molecule has 96 valence electrons. The molecule has 1 unspecified atom stereocenters. The lowest BCUT2D eigenvalue weighted by Gasteiger charge is -2.10. The zero-order valence-electron chi connectivity index (χ0n) is 10.5. The maximum atomic E-state index is 12.0. The zero-order chi connectivity index (χ0) is 13.0. The molecule has 0 aliphatic heterocycles. The normalized spacial score (nSPS) is 12.6. The van der Waals surface area contributed by atoms with E-state index < -0.39 is 0 Å². The highest BCUT2D eigenvalue weighted by molar-refractivity contribution is 6.00. The Morgan fingerprint density at radius 1 is 1.56 bits per heavy atom. The molecule has 5 nitrogen and oxygen atoms in total. The largest absolute Gasteiger partial charge is 0.352 e. The number of carbonyl (C=O) groups excluding carboxylic acids is 1. The van der Waals surface area contributed by atoms with Gasteiger partial charge in [0.1, 0.15) is 0 Å². The Morgan fingerprint density at radius 3 is 3.17 bits per heavy atom. The van der Waals surface area contributed by atoms with E-state index in [2.05, 4.69) is 17.3 Å². The van der Waals surface area contributed by atoms with E-state index in [4.69, 9.17) is 5.73 Å². The lowest BCUT2D eigenvalue weighted by Crippen LogP contribution is -2.29. The number of pyridine rings is 1. The van der Waals surface area contributed by atoms with Crippen molar-refractivity contribution in [3.05, 3.63) is 36.2 Å². The molecule has 0 aromatic carbocycles. The predicted molar refractivity (Wildman–Crippen MR) is 70.4 cm³/mol. The molecule has 0 aliphatic carbocycles. The molecule has 2 rings (SSSR count). The van der Waals surface area contributed by atoms with Crippen molar-refractivity contribution in [2.24, 2.45) is 11.7 Å². The highest BCUT2D eigenvalue weighted by Gasteiger charge is 2.12. The zero-order valence-corrected chi connectivity index (χ0v) is 10.5. The van der Waals surface area contributed by atoms with Crippen LogP contribution in [0.25, 0.3) is 5.52 Å². The number of amides is 1. The first kappa shape index (κ1) is 12.6. The number of hydrogen-bond donors (Lipinski definition) is 2. The lowest BCUT2D eigenvalue weighted by atomic mass is 10.1. The van der Waals surface area contributed by atoms with Crippen LogP contribution in [0.2, 0.25) is 0 Å². The van der Waals surface area contributed by atoms with Crippen molar-refractivity contribution in [1.82, 2.24) is 14.9 Å². The van der Waals surface area contributed by atoms with Crippen LogP contribution in [0.1, 0.15) is 23.7 Å². The molecule has 5 heteroatoms. The van der Waals surface area contributed by atoms with E-state index in [1.807, 2.05) is 24.4 Å². The van der Waals surface area contributed by atoms with Crippen molar-refractivity contribution >= 4 is 11.4 Å². The number of hydrogen-bond acceptors (Lipinski definition) is 3. The van der Waals surface area contributed by atoms with Gasteiger partial charge in [0, 0.05) is 12.7 Å². The maximum absolute atomic E-state index is 12.0. The fourth-order valence-electron chi connectivity index (χ4n) is 1.86. The molecule has 2 aromatic rings. The van der Waals surface area contributed by atoms with Gasteiger partial charge in [-0.1, -0.05) is 13.0 Å². The van der Waals surface area contributed by atoms with E-state index in [0.29, 0.717) is 24.6 Å². The first-order valence-electron chi connectivity index (χ1n) is 6.13. The van der Waals surface area contributed by atoms with Crippen LogP contribution >= 0.6 is 0 Å². The van der Waals surface area contributed by atoms with Crippen LogP contribution in [-0.4, -0.2) is 28.6 Å². The summed E-state index contributed by atoms with van der Waals surface area (Å²) in [5.41, 5.74) is 6.91. The van der Waals surface area contributed by atoms with Gasteiger partial charge in [-0.2, -0.15) is 5.10 Å². The van der Waals surface area contributed by atoms with Crippen LogP contribution < -0.4 is 11.1 Å². The summed E-state index contributed by atoms with van der Waals surface area (Å²) in [5, 5.41) is 7.05.